The van der Waals surface area contributed by atoms with Crippen molar-refractivity contribution in [3.8, 4) is 0 Å². The first-order valence-electron chi connectivity index (χ1n) is 6.82. The molecule has 0 aromatic heterocycles. The normalized spacial score (nSPS) is 14.7. The van der Waals surface area contributed by atoms with Gasteiger partial charge in [0.1, 0.15) is 6.10 Å². The lowest BCUT2D eigenvalue weighted by Crippen LogP contribution is -2.29. The third kappa shape index (κ3) is 9.95. The molecular weight excluding hydrogens is 260 g/mol. The minimum absolute atomic E-state index is 0.0126. The van der Waals surface area contributed by atoms with Crippen molar-refractivity contribution in [2.45, 2.75) is 39.9 Å². The van der Waals surface area contributed by atoms with Gasteiger partial charge in [0, 0.05) is 18.6 Å². The van der Waals surface area contributed by atoms with Gasteiger partial charge in [-0.25, -0.2) is 4.79 Å². The van der Waals surface area contributed by atoms with Crippen LogP contribution in [0.3, 0.4) is 0 Å². The van der Waals surface area contributed by atoms with Gasteiger partial charge in [0.05, 0.1) is 32.5 Å². The van der Waals surface area contributed by atoms with Crippen LogP contribution in [0.25, 0.3) is 0 Å². The fraction of sp³-hybridized carbons (Fsp3) is 0.800. The number of esters is 1. The average Bonchev–Trinajstić information content (AvgIpc) is 2.35. The number of methoxy groups -OCH3 is 1. The van der Waals surface area contributed by atoms with Gasteiger partial charge < -0.3 is 18.9 Å². The van der Waals surface area contributed by atoms with Crippen molar-refractivity contribution < 1.29 is 23.7 Å². The van der Waals surface area contributed by atoms with Crippen molar-refractivity contribution >= 4 is 5.97 Å². The first-order valence-corrected chi connectivity index (χ1v) is 6.82. The van der Waals surface area contributed by atoms with E-state index in [0.717, 1.165) is 6.08 Å². The van der Waals surface area contributed by atoms with Crippen LogP contribution in [0.15, 0.2) is 12.7 Å². The van der Waals surface area contributed by atoms with Crippen LogP contribution in [0.2, 0.25) is 0 Å². The number of carbonyl (C=O) groups is 1. The van der Waals surface area contributed by atoms with Crippen LogP contribution < -0.4 is 0 Å². The molecule has 0 rings (SSSR count). The summed E-state index contributed by atoms with van der Waals surface area (Å²) in [7, 11) is 1.68. The number of rotatable bonds is 11. The van der Waals surface area contributed by atoms with Gasteiger partial charge in [0.2, 0.25) is 0 Å². The summed E-state index contributed by atoms with van der Waals surface area (Å²) in [5, 5.41) is 0. The van der Waals surface area contributed by atoms with Crippen LogP contribution >= 0.6 is 0 Å². The molecule has 0 spiro atoms. The van der Waals surface area contributed by atoms with Crippen molar-refractivity contribution in [3.63, 3.8) is 0 Å². The van der Waals surface area contributed by atoms with Crippen LogP contribution in [0.4, 0.5) is 0 Å². The Kier molecular flexibility index (Phi) is 9.46. The van der Waals surface area contributed by atoms with E-state index in [-0.39, 0.29) is 17.6 Å². The van der Waals surface area contributed by atoms with Gasteiger partial charge in [-0.1, -0.05) is 20.4 Å². The lowest BCUT2D eigenvalue weighted by molar-refractivity contribution is -0.146. The number of hydrogen-bond acceptors (Lipinski definition) is 5. The molecule has 0 aliphatic rings. The summed E-state index contributed by atoms with van der Waals surface area (Å²) in [6.45, 7) is 13.3. The topological polar surface area (TPSA) is 54.0 Å². The summed E-state index contributed by atoms with van der Waals surface area (Å²) in [5.41, 5.74) is -0.0126. The van der Waals surface area contributed by atoms with Gasteiger partial charge >= 0.3 is 5.97 Å². The highest BCUT2D eigenvalue weighted by Gasteiger charge is 2.18. The molecule has 5 heteroatoms. The molecule has 0 saturated carbocycles. The van der Waals surface area contributed by atoms with Gasteiger partial charge in [0.15, 0.2) is 0 Å². The first-order chi connectivity index (χ1) is 9.30. The Morgan fingerprint density at radius 1 is 1.20 bits per heavy atom. The summed E-state index contributed by atoms with van der Waals surface area (Å²) in [6.07, 6.45) is 0.784. The molecule has 0 aliphatic heterocycles. The first kappa shape index (κ1) is 19.1. The predicted molar refractivity (Wildman–Crippen MR) is 77.6 cm³/mol. The predicted octanol–water partition coefficient (Wildman–Crippen LogP) is 2.20. The third-order valence-electron chi connectivity index (χ3n) is 2.48. The summed E-state index contributed by atoms with van der Waals surface area (Å²) in [5.74, 6) is -0.439. The van der Waals surface area contributed by atoms with E-state index in [1.54, 1.807) is 14.0 Å². The number of ether oxygens (including phenoxy) is 4. The maximum Gasteiger partial charge on any atom is 0.330 e. The van der Waals surface area contributed by atoms with Crippen LogP contribution in [-0.4, -0.2) is 51.7 Å². The fourth-order valence-electron chi connectivity index (χ4n) is 1.56. The van der Waals surface area contributed by atoms with E-state index in [1.165, 1.54) is 0 Å². The highest BCUT2D eigenvalue weighted by Crippen LogP contribution is 2.15. The van der Waals surface area contributed by atoms with E-state index in [4.69, 9.17) is 18.9 Å². The van der Waals surface area contributed by atoms with Crippen molar-refractivity contribution in [2.24, 2.45) is 5.41 Å². The average molecular weight is 288 g/mol. The quantitative estimate of drug-likeness (QED) is 0.431. The van der Waals surface area contributed by atoms with Crippen LogP contribution in [0.1, 0.15) is 27.7 Å². The second kappa shape index (κ2) is 9.91. The zero-order chi connectivity index (χ0) is 15.6. The monoisotopic (exact) mass is 288 g/mol. The maximum atomic E-state index is 11.0. The molecule has 0 radical (unpaired) electrons. The molecule has 0 saturated heterocycles. The maximum absolute atomic E-state index is 11.0. The van der Waals surface area contributed by atoms with Crippen LogP contribution in [-0.2, 0) is 23.7 Å². The molecule has 0 aliphatic carbocycles. The van der Waals surface area contributed by atoms with Gasteiger partial charge in [-0.05, 0) is 13.8 Å². The van der Waals surface area contributed by atoms with E-state index in [1.807, 2.05) is 6.92 Å². The van der Waals surface area contributed by atoms with E-state index in [9.17, 15) is 4.79 Å². The van der Waals surface area contributed by atoms with Crippen molar-refractivity contribution in [3.05, 3.63) is 12.7 Å². The second-order valence-corrected chi connectivity index (χ2v) is 5.71. The summed E-state index contributed by atoms with van der Waals surface area (Å²) in [6, 6.07) is 0. The Balaban J connectivity index is 3.76. The van der Waals surface area contributed by atoms with E-state index in [0.29, 0.717) is 26.4 Å². The van der Waals surface area contributed by atoms with Gasteiger partial charge in [0.25, 0.3) is 0 Å². The molecule has 0 aromatic carbocycles. The summed E-state index contributed by atoms with van der Waals surface area (Å²) < 4.78 is 21.3. The van der Waals surface area contributed by atoms with Crippen molar-refractivity contribution in [2.75, 3.05) is 33.5 Å². The second-order valence-electron chi connectivity index (χ2n) is 5.71. The summed E-state index contributed by atoms with van der Waals surface area (Å²) >= 11 is 0. The lowest BCUT2D eigenvalue weighted by Gasteiger charge is -2.24. The van der Waals surface area contributed by atoms with Gasteiger partial charge in [-0.3, -0.25) is 0 Å². The molecule has 118 valence electrons. The lowest BCUT2D eigenvalue weighted by atomic mass is 9.96. The molecule has 20 heavy (non-hydrogen) atoms. The molecule has 2 unspecified atom stereocenters. The SMILES string of the molecule is C=CC(=O)OC(C)COC(C)COCC(C)(C)COC. The van der Waals surface area contributed by atoms with Crippen LogP contribution in [0.5, 0.6) is 0 Å². The van der Waals surface area contributed by atoms with E-state index < -0.39 is 5.97 Å². The minimum atomic E-state index is -0.439. The zero-order valence-corrected chi connectivity index (χ0v) is 13.3. The molecule has 2 atom stereocenters. The van der Waals surface area contributed by atoms with Crippen LogP contribution in [0, 0.1) is 5.41 Å². The third-order valence-corrected chi connectivity index (χ3v) is 2.48. The molecule has 5 nitrogen and oxygen atoms in total. The Bertz CT molecular complexity index is 288. The van der Waals surface area contributed by atoms with E-state index >= 15 is 0 Å². The molecule has 0 amide bonds. The number of carbonyl (C=O) groups excluding carboxylic acids is 1. The fourth-order valence-corrected chi connectivity index (χ4v) is 1.56. The summed E-state index contributed by atoms with van der Waals surface area (Å²) in [4.78, 5) is 11.0. The van der Waals surface area contributed by atoms with Gasteiger partial charge in [-0.2, -0.15) is 0 Å². The highest BCUT2D eigenvalue weighted by molar-refractivity contribution is 5.81. The Hall–Kier alpha value is -0.910. The van der Waals surface area contributed by atoms with Crippen molar-refractivity contribution in [1.29, 1.82) is 0 Å². The molecular formula is C15H28O5. The zero-order valence-electron chi connectivity index (χ0n) is 13.3. The molecule has 0 bridgehead atoms. The Labute approximate surface area is 122 Å². The molecule has 0 N–H and O–H groups in total. The molecule has 0 heterocycles. The smallest absolute Gasteiger partial charge is 0.330 e. The van der Waals surface area contributed by atoms with Gasteiger partial charge in [-0.15, -0.1) is 0 Å². The minimum Gasteiger partial charge on any atom is -0.457 e. The largest absolute Gasteiger partial charge is 0.457 e. The Morgan fingerprint density at radius 3 is 2.40 bits per heavy atom. The molecule has 0 fully saturated rings. The Morgan fingerprint density at radius 2 is 1.85 bits per heavy atom. The van der Waals surface area contributed by atoms with Crippen molar-refractivity contribution in [1.82, 2.24) is 0 Å². The number of hydrogen-bond donors (Lipinski definition) is 0. The van der Waals surface area contributed by atoms with E-state index in [2.05, 4.69) is 20.4 Å². The highest BCUT2D eigenvalue weighted by atomic mass is 16.6. The molecule has 0 aromatic rings. The standard InChI is InChI=1S/C15H28O5/c1-7-14(16)20-13(3)9-19-12(2)8-18-11-15(4,5)10-17-6/h7,12-13H,1,8-11H2,2-6H3.